The van der Waals surface area contributed by atoms with Gasteiger partial charge in [-0.1, -0.05) is 37.5 Å². The molecular formula is C21H25N5OS. The first-order valence-electron chi connectivity index (χ1n) is 9.69. The maximum atomic E-state index is 13.4. The smallest absolute Gasteiger partial charge is 0.278 e. The van der Waals surface area contributed by atoms with Gasteiger partial charge in [-0.05, 0) is 25.0 Å². The average molecular weight is 396 g/mol. The first-order valence-corrected chi connectivity index (χ1v) is 10.6. The summed E-state index contributed by atoms with van der Waals surface area (Å²) in [6, 6.07) is 10.2. The number of carbonyl (C=O) groups is 1. The molecule has 0 bridgehead atoms. The van der Waals surface area contributed by atoms with Crippen molar-refractivity contribution in [1.29, 1.82) is 0 Å². The van der Waals surface area contributed by atoms with Crippen LogP contribution in [-0.2, 0) is 0 Å². The number of anilines is 2. The lowest BCUT2D eigenvalue weighted by Gasteiger charge is -2.34. The van der Waals surface area contributed by atoms with Crippen LogP contribution in [0.1, 0.15) is 42.6 Å². The minimum absolute atomic E-state index is 0.0381. The molecule has 2 aromatic heterocycles. The zero-order valence-electron chi connectivity index (χ0n) is 16.3. The number of hydrogen-bond acceptors (Lipinski definition) is 5. The first-order chi connectivity index (χ1) is 13.6. The molecule has 6 nitrogen and oxygen atoms in total. The Morgan fingerprint density at radius 1 is 1.14 bits per heavy atom. The molecule has 3 aromatic rings. The van der Waals surface area contributed by atoms with Crippen molar-refractivity contribution in [3.8, 4) is 5.69 Å². The summed E-state index contributed by atoms with van der Waals surface area (Å²) >= 11 is 1.45. The minimum atomic E-state index is -0.0381. The van der Waals surface area contributed by atoms with Gasteiger partial charge < -0.3 is 4.90 Å². The molecule has 7 heteroatoms. The molecule has 2 heterocycles. The number of rotatable bonds is 5. The molecular weight excluding hydrogens is 370 g/mol. The summed E-state index contributed by atoms with van der Waals surface area (Å²) in [7, 11) is 3.93. The highest BCUT2D eigenvalue weighted by Gasteiger charge is 2.32. The molecule has 28 heavy (non-hydrogen) atoms. The summed E-state index contributed by atoms with van der Waals surface area (Å²) < 4.78 is 1.86. The molecule has 0 unspecified atom stereocenters. The van der Waals surface area contributed by atoms with Crippen molar-refractivity contribution in [2.75, 3.05) is 23.9 Å². The van der Waals surface area contributed by atoms with Gasteiger partial charge in [0.15, 0.2) is 5.82 Å². The van der Waals surface area contributed by atoms with Crippen LogP contribution in [0.15, 0.2) is 47.4 Å². The Morgan fingerprint density at radius 2 is 1.89 bits per heavy atom. The van der Waals surface area contributed by atoms with E-state index in [2.05, 4.69) is 4.98 Å². The third kappa shape index (κ3) is 3.67. The van der Waals surface area contributed by atoms with Crippen LogP contribution in [0, 0.1) is 0 Å². The van der Waals surface area contributed by atoms with Gasteiger partial charge in [0.25, 0.3) is 5.91 Å². The maximum absolute atomic E-state index is 13.4. The quantitative estimate of drug-likeness (QED) is 0.644. The van der Waals surface area contributed by atoms with E-state index >= 15 is 0 Å². The lowest BCUT2D eigenvalue weighted by molar-refractivity contribution is 0.0966. The number of para-hydroxylation sites is 1. The molecule has 1 amide bonds. The molecule has 0 aliphatic heterocycles. The van der Waals surface area contributed by atoms with Crippen molar-refractivity contribution >= 4 is 28.7 Å². The Balaban J connectivity index is 1.80. The number of amides is 1. The second-order valence-corrected chi connectivity index (χ2v) is 8.07. The third-order valence-electron chi connectivity index (χ3n) is 5.19. The van der Waals surface area contributed by atoms with Gasteiger partial charge in [0.2, 0.25) is 0 Å². The molecule has 1 fully saturated rings. The largest absolute Gasteiger partial charge is 0.360 e. The van der Waals surface area contributed by atoms with Gasteiger partial charge in [0.05, 0.1) is 17.4 Å². The summed E-state index contributed by atoms with van der Waals surface area (Å²) in [5, 5.41) is 6.62. The van der Waals surface area contributed by atoms with Gasteiger partial charge >= 0.3 is 0 Å². The molecule has 146 valence electrons. The predicted molar refractivity (Wildman–Crippen MR) is 114 cm³/mol. The van der Waals surface area contributed by atoms with E-state index in [-0.39, 0.29) is 11.9 Å². The van der Waals surface area contributed by atoms with Gasteiger partial charge in [-0.15, -0.1) is 16.4 Å². The summed E-state index contributed by atoms with van der Waals surface area (Å²) in [5.74, 6) is 0.752. The molecule has 0 spiro atoms. The van der Waals surface area contributed by atoms with E-state index < -0.39 is 0 Å². The van der Waals surface area contributed by atoms with E-state index in [0.29, 0.717) is 5.69 Å². The van der Waals surface area contributed by atoms with E-state index in [4.69, 9.17) is 5.10 Å². The summed E-state index contributed by atoms with van der Waals surface area (Å²) in [4.78, 5) is 21.6. The minimum Gasteiger partial charge on any atom is -0.360 e. The Kier molecular flexibility index (Phi) is 5.43. The van der Waals surface area contributed by atoms with E-state index in [1.165, 1.54) is 17.8 Å². The number of nitrogens with zero attached hydrogens (tertiary/aromatic N) is 5. The average Bonchev–Trinajstić information content (AvgIpc) is 3.40. The van der Waals surface area contributed by atoms with E-state index in [1.54, 1.807) is 5.51 Å². The molecule has 0 saturated heterocycles. The highest BCUT2D eigenvalue weighted by Crippen LogP contribution is 2.35. The summed E-state index contributed by atoms with van der Waals surface area (Å²) in [6.45, 7) is 0. The van der Waals surface area contributed by atoms with Crippen LogP contribution in [0.5, 0.6) is 0 Å². The highest BCUT2D eigenvalue weighted by atomic mass is 32.1. The van der Waals surface area contributed by atoms with Gasteiger partial charge in [-0.3, -0.25) is 9.69 Å². The van der Waals surface area contributed by atoms with E-state index in [1.807, 2.05) is 70.5 Å². The number of benzene rings is 1. The number of hydrogen-bond donors (Lipinski definition) is 0. The van der Waals surface area contributed by atoms with Crippen LogP contribution in [0.25, 0.3) is 5.69 Å². The Bertz CT molecular complexity index is 914. The van der Waals surface area contributed by atoms with Gasteiger partial charge in [0.1, 0.15) is 11.4 Å². The molecule has 4 rings (SSSR count). The van der Waals surface area contributed by atoms with Gasteiger partial charge in [-0.2, -0.15) is 0 Å². The van der Waals surface area contributed by atoms with Crippen molar-refractivity contribution < 1.29 is 4.79 Å². The molecule has 1 aromatic carbocycles. The standard InChI is InChI=1S/C21H25N5OS/c1-24(2)20-19(13-25(23-20)16-9-5-3-6-10-16)26(17-11-7-4-8-12-17)21(27)18-14-28-15-22-18/h3,5-6,9-10,13-15,17H,4,7-8,11-12H2,1-2H3. The van der Waals surface area contributed by atoms with Crippen LogP contribution in [-0.4, -0.2) is 40.8 Å². The molecule has 1 aliphatic rings. The van der Waals surface area contributed by atoms with Crippen LogP contribution in [0.2, 0.25) is 0 Å². The normalized spacial score (nSPS) is 14.8. The van der Waals surface area contributed by atoms with Crippen LogP contribution >= 0.6 is 11.3 Å². The van der Waals surface area contributed by atoms with Gasteiger partial charge in [0, 0.05) is 25.5 Å². The zero-order valence-corrected chi connectivity index (χ0v) is 17.1. The van der Waals surface area contributed by atoms with E-state index in [9.17, 15) is 4.79 Å². The second kappa shape index (κ2) is 8.14. The SMILES string of the molecule is CN(C)c1nn(-c2ccccc2)cc1N(C(=O)c1cscn1)C1CCCCC1. The first kappa shape index (κ1) is 18.7. The van der Waals surface area contributed by atoms with Crippen LogP contribution in [0.3, 0.4) is 0 Å². The summed E-state index contributed by atoms with van der Waals surface area (Å²) in [5.41, 5.74) is 4.04. The fourth-order valence-corrected chi connectivity index (χ4v) is 4.34. The van der Waals surface area contributed by atoms with Crippen molar-refractivity contribution in [3.05, 3.63) is 53.1 Å². The third-order valence-corrected chi connectivity index (χ3v) is 5.78. The Morgan fingerprint density at radius 3 is 2.54 bits per heavy atom. The molecule has 0 N–H and O–H groups in total. The molecule has 0 atom stereocenters. The fourth-order valence-electron chi connectivity index (χ4n) is 3.81. The number of aromatic nitrogens is 3. The van der Waals surface area contributed by atoms with Crippen molar-refractivity contribution in [2.24, 2.45) is 0 Å². The number of thiazole rings is 1. The van der Waals surface area contributed by atoms with Crippen LogP contribution in [0.4, 0.5) is 11.5 Å². The summed E-state index contributed by atoms with van der Waals surface area (Å²) in [6.07, 6.45) is 7.53. The zero-order chi connectivity index (χ0) is 19.5. The lowest BCUT2D eigenvalue weighted by atomic mass is 9.93. The Hall–Kier alpha value is -2.67. The van der Waals surface area contributed by atoms with Crippen LogP contribution < -0.4 is 9.80 Å². The molecule has 1 aliphatic carbocycles. The lowest BCUT2D eigenvalue weighted by Crippen LogP contribution is -2.42. The highest BCUT2D eigenvalue weighted by molar-refractivity contribution is 7.07. The second-order valence-electron chi connectivity index (χ2n) is 7.35. The topological polar surface area (TPSA) is 54.3 Å². The van der Waals surface area contributed by atoms with E-state index in [0.717, 1.165) is 42.9 Å². The molecule has 1 saturated carbocycles. The van der Waals surface area contributed by atoms with Gasteiger partial charge in [-0.25, -0.2) is 9.67 Å². The van der Waals surface area contributed by atoms with Crippen molar-refractivity contribution in [2.45, 2.75) is 38.1 Å². The monoisotopic (exact) mass is 395 g/mol. The predicted octanol–water partition coefficient (Wildman–Crippen LogP) is 4.37. The number of carbonyl (C=O) groups excluding carboxylic acids is 1. The fraction of sp³-hybridized carbons (Fsp3) is 0.381. The van der Waals surface area contributed by atoms with Crippen molar-refractivity contribution in [3.63, 3.8) is 0 Å². The Labute approximate surface area is 169 Å². The molecule has 0 radical (unpaired) electrons. The van der Waals surface area contributed by atoms with Crippen molar-refractivity contribution in [1.82, 2.24) is 14.8 Å². The maximum Gasteiger partial charge on any atom is 0.278 e.